The Balaban J connectivity index is 1.99. The summed E-state index contributed by atoms with van der Waals surface area (Å²) in [7, 11) is 0. The SMILES string of the molecule is CCNCc1ccc(OCc2cccc(C#N)c2F)cc1. The molecule has 1 N–H and O–H groups in total. The highest BCUT2D eigenvalue weighted by molar-refractivity contribution is 5.35. The molecule has 2 rings (SSSR count). The van der Waals surface area contributed by atoms with E-state index in [1.165, 1.54) is 11.6 Å². The zero-order chi connectivity index (χ0) is 15.1. The number of nitrogens with one attached hydrogen (secondary N) is 1. The Kier molecular flexibility index (Phi) is 5.30. The third kappa shape index (κ3) is 4.04. The van der Waals surface area contributed by atoms with Crippen molar-refractivity contribution in [2.75, 3.05) is 6.54 Å². The van der Waals surface area contributed by atoms with E-state index in [1.807, 2.05) is 30.3 Å². The first-order valence-electron chi connectivity index (χ1n) is 6.84. The van der Waals surface area contributed by atoms with E-state index in [1.54, 1.807) is 12.1 Å². The molecule has 0 unspecified atom stereocenters. The molecule has 4 heteroatoms. The molecular weight excluding hydrogens is 267 g/mol. The third-order valence-corrected chi connectivity index (χ3v) is 3.10. The van der Waals surface area contributed by atoms with Gasteiger partial charge < -0.3 is 10.1 Å². The van der Waals surface area contributed by atoms with Gasteiger partial charge in [0.15, 0.2) is 0 Å². The Morgan fingerprint density at radius 3 is 2.62 bits per heavy atom. The molecule has 0 heterocycles. The minimum atomic E-state index is -0.510. The molecule has 0 saturated heterocycles. The van der Waals surface area contributed by atoms with Crippen molar-refractivity contribution in [3.63, 3.8) is 0 Å². The van der Waals surface area contributed by atoms with E-state index in [2.05, 4.69) is 12.2 Å². The van der Waals surface area contributed by atoms with Crippen molar-refractivity contribution in [2.24, 2.45) is 0 Å². The molecule has 0 spiro atoms. The second-order valence-corrected chi connectivity index (χ2v) is 4.60. The largest absolute Gasteiger partial charge is 0.489 e. The number of hydrogen-bond acceptors (Lipinski definition) is 3. The predicted molar refractivity (Wildman–Crippen MR) is 79.3 cm³/mol. The van der Waals surface area contributed by atoms with Gasteiger partial charge in [-0.25, -0.2) is 4.39 Å². The average Bonchev–Trinajstić information content (AvgIpc) is 2.53. The van der Waals surface area contributed by atoms with Crippen LogP contribution in [0, 0.1) is 17.1 Å². The minimum absolute atomic E-state index is 0.0390. The second kappa shape index (κ2) is 7.41. The Morgan fingerprint density at radius 2 is 1.95 bits per heavy atom. The number of halogens is 1. The molecule has 0 amide bonds. The normalized spacial score (nSPS) is 10.1. The lowest BCUT2D eigenvalue weighted by Gasteiger charge is -2.09. The quantitative estimate of drug-likeness (QED) is 0.884. The molecule has 2 aromatic rings. The number of ether oxygens (including phenoxy) is 1. The van der Waals surface area contributed by atoms with Crippen molar-refractivity contribution in [1.82, 2.24) is 5.32 Å². The van der Waals surface area contributed by atoms with E-state index in [4.69, 9.17) is 10.00 Å². The third-order valence-electron chi connectivity index (χ3n) is 3.10. The topological polar surface area (TPSA) is 45.0 Å². The zero-order valence-electron chi connectivity index (χ0n) is 11.9. The van der Waals surface area contributed by atoms with Gasteiger partial charge in [0.1, 0.15) is 24.2 Å². The summed E-state index contributed by atoms with van der Waals surface area (Å²) in [6.07, 6.45) is 0. The lowest BCUT2D eigenvalue weighted by Crippen LogP contribution is -2.11. The van der Waals surface area contributed by atoms with Gasteiger partial charge in [0.05, 0.1) is 5.56 Å². The van der Waals surface area contributed by atoms with Crippen LogP contribution in [0.3, 0.4) is 0 Å². The first-order valence-corrected chi connectivity index (χ1v) is 6.84. The summed E-state index contributed by atoms with van der Waals surface area (Å²) < 4.78 is 19.4. The van der Waals surface area contributed by atoms with Crippen LogP contribution in [0.15, 0.2) is 42.5 Å². The number of benzene rings is 2. The van der Waals surface area contributed by atoms with Crippen LogP contribution < -0.4 is 10.1 Å². The molecule has 21 heavy (non-hydrogen) atoms. The maximum atomic E-state index is 13.9. The molecule has 0 saturated carbocycles. The maximum absolute atomic E-state index is 13.9. The van der Waals surface area contributed by atoms with Gasteiger partial charge in [-0.2, -0.15) is 5.26 Å². The first kappa shape index (κ1) is 15.0. The Bertz CT molecular complexity index is 632. The monoisotopic (exact) mass is 284 g/mol. The molecule has 0 bridgehead atoms. The Morgan fingerprint density at radius 1 is 1.19 bits per heavy atom. The average molecular weight is 284 g/mol. The predicted octanol–water partition coefficient (Wildman–Crippen LogP) is 3.39. The lowest BCUT2D eigenvalue weighted by atomic mass is 10.1. The van der Waals surface area contributed by atoms with E-state index in [-0.39, 0.29) is 12.2 Å². The second-order valence-electron chi connectivity index (χ2n) is 4.60. The first-order chi connectivity index (χ1) is 10.2. The molecule has 108 valence electrons. The summed E-state index contributed by atoms with van der Waals surface area (Å²) in [5.41, 5.74) is 1.59. The van der Waals surface area contributed by atoms with Crippen LogP contribution in [-0.2, 0) is 13.2 Å². The molecule has 0 aliphatic heterocycles. The lowest BCUT2D eigenvalue weighted by molar-refractivity contribution is 0.299. The smallest absolute Gasteiger partial charge is 0.147 e. The fourth-order valence-electron chi connectivity index (χ4n) is 1.91. The van der Waals surface area contributed by atoms with E-state index in [9.17, 15) is 4.39 Å². The molecule has 3 nitrogen and oxygen atoms in total. The molecule has 0 aliphatic carbocycles. The van der Waals surface area contributed by atoms with Crippen molar-refractivity contribution in [3.05, 3.63) is 65.0 Å². The molecule has 0 atom stereocenters. The van der Waals surface area contributed by atoms with Crippen LogP contribution in [0.5, 0.6) is 5.75 Å². The van der Waals surface area contributed by atoms with E-state index in [0.29, 0.717) is 11.3 Å². The fraction of sp³-hybridized carbons (Fsp3) is 0.235. The molecule has 0 fully saturated rings. The van der Waals surface area contributed by atoms with Gasteiger partial charge in [0, 0.05) is 12.1 Å². The van der Waals surface area contributed by atoms with E-state index >= 15 is 0 Å². The van der Waals surface area contributed by atoms with Crippen molar-refractivity contribution in [3.8, 4) is 11.8 Å². The standard InChI is InChI=1S/C17H17FN2O/c1-2-20-11-13-6-8-16(9-7-13)21-12-15-5-3-4-14(10-19)17(15)18/h3-9,20H,2,11-12H2,1H3. The molecular formula is C17H17FN2O. The van der Waals surface area contributed by atoms with Gasteiger partial charge >= 0.3 is 0 Å². The summed E-state index contributed by atoms with van der Waals surface area (Å²) in [5, 5.41) is 12.0. The Hall–Kier alpha value is -2.38. The number of nitriles is 1. The summed E-state index contributed by atoms with van der Waals surface area (Å²) in [5.74, 6) is 0.167. The van der Waals surface area contributed by atoms with Gasteiger partial charge in [-0.05, 0) is 30.3 Å². The van der Waals surface area contributed by atoms with Crippen molar-refractivity contribution < 1.29 is 9.13 Å². The summed E-state index contributed by atoms with van der Waals surface area (Å²) >= 11 is 0. The number of nitrogens with zero attached hydrogens (tertiary/aromatic N) is 1. The van der Waals surface area contributed by atoms with Gasteiger partial charge in [0.25, 0.3) is 0 Å². The number of rotatable bonds is 6. The van der Waals surface area contributed by atoms with Crippen molar-refractivity contribution in [1.29, 1.82) is 5.26 Å². The number of hydrogen-bond donors (Lipinski definition) is 1. The van der Waals surface area contributed by atoms with Crippen LogP contribution in [0.2, 0.25) is 0 Å². The van der Waals surface area contributed by atoms with Gasteiger partial charge in [-0.3, -0.25) is 0 Å². The highest BCUT2D eigenvalue weighted by atomic mass is 19.1. The van der Waals surface area contributed by atoms with Crippen LogP contribution >= 0.6 is 0 Å². The molecule has 0 aliphatic rings. The van der Waals surface area contributed by atoms with Crippen molar-refractivity contribution in [2.45, 2.75) is 20.1 Å². The van der Waals surface area contributed by atoms with Crippen LogP contribution in [0.1, 0.15) is 23.6 Å². The van der Waals surface area contributed by atoms with Gasteiger partial charge in [-0.1, -0.05) is 31.2 Å². The summed E-state index contributed by atoms with van der Waals surface area (Å²) in [6.45, 7) is 3.90. The van der Waals surface area contributed by atoms with Crippen LogP contribution in [0.4, 0.5) is 4.39 Å². The van der Waals surface area contributed by atoms with E-state index < -0.39 is 5.82 Å². The molecule has 0 aromatic heterocycles. The van der Waals surface area contributed by atoms with E-state index in [0.717, 1.165) is 13.1 Å². The van der Waals surface area contributed by atoms with Gasteiger partial charge in [0.2, 0.25) is 0 Å². The zero-order valence-corrected chi connectivity index (χ0v) is 11.9. The Labute approximate surface area is 124 Å². The van der Waals surface area contributed by atoms with Crippen LogP contribution in [0.25, 0.3) is 0 Å². The summed E-state index contributed by atoms with van der Waals surface area (Å²) in [6, 6.07) is 14.2. The van der Waals surface area contributed by atoms with Crippen LogP contribution in [-0.4, -0.2) is 6.54 Å². The fourth-order valence-corrected chi connectivity index (χ4v) is 1.91. The highest BCUT2D eigenvalue weighted by Gasteiger charge is 2.08. The maximum Gasteiger partial charge on any atom is 0.147 e. The molecule has 0 radical (unpaired) electrons. The molecule has 2 aromatic carbocycles. The summed E-state index contributed by atoms with van der Waals surface area (Å²) in [4.78, 5) is 0. The minimum Gasteiger partial charge on any atom is -0.489 e. The van der Waals surface area contributed by atoms with Gasteiger partial charge in [-0.15, -0.1) is 0 Å². The highest BCUT2D eigenvalue weighted by Crippen LogP contribution is 2.17. The van der Waals surface area contributed by atoms with Crippen molar-refractivity contribution >= 4 is 0 Å².